The maximum Gasteiger partial charge on any atom is 2.00 e. The van der Waals surface area contributed by atoms with Gasteiger partial charge in [-0.1, -0.05) is 60.7 Å². The van der Waals surface area contributed by atoms with Crippen molar-refractivity contribution in [3.63, 3.8) is 0 Å². The summed E-state index contributed by atoms with van der Waals surface area (Å²) in [6.45, 7) is 0. The molecule has 0 unspecified atom stereocenters. The van der Waals surface area contributed by atoms with Crippen molar-refractivity contribution in [1.29, 1.82) is 0 Å². The Morgan fingerprint density at radius 2 is 1.03 bits per heavy atom. The summed E-state index contributed by atoms with van der Waals surface area (Å²) < 4.78 is 31.7. The van der Waals surface area contributed by atoms with Crippen molar-refractivity contribution in [2.45, 2.75) is 12.6 Å². The topological polar surface area (TPSA) is 63.1 Å². The molecule has 4 nitrogen and oxygen atoms in total. The Morgan fingerprint density at radius 3 is 1.29 bits per heavy atom. The fourth-order valence-electron chi connectivity index (χ4n) is 2.93. The number of carboxylic acid groups (broad SMARTS) is 1. The van der Waals surface area contributed by atoms with Crippen LogP contribution in [0.15, 0.2) is 97.6 Å². The number of hydrogen-bond acceptors (Lipinski definition) is 3. The van der Waals surface area contributed by atoms with Gasteiger partial charge in [-0.3, -0.25) is 9.97 Å². The zero-order valence-electron chi connectivity index (χ0n) is 17.5. The number of aromatic nitrogens is 2. The van der Waals surface area contributed by atoms with Crippen LogP contribution in [0.5, 0.6) is 0 Å². The number of carboxylic acids is 1. The van der Waals surface area contributed by atoms with Crippen LogP contribution in [0.2, 0.25) is 0 Å². The molecule has 0 bridgehead atoms. The predicted molar refractivity (Wildman–Crippen MR) is 116 cm³/mol. The largest absolute Gasteiger partial charge is 2.00 e. The molecule has 0 aliphatic rings. The average molecular weight is 649 g/mol. The van der Waals surface area contributed by atoms with Gasteiger partial charge in [0.05, 0.1) is 0 Å². The van der Waals surface area contributed by atoms with Gasteiger partial charge in [-0.25, -0.2) is 4.79 Å². The summed E-state index contributed by atoms with van der Waals surface area (Å²) in [5.74, 6) is -2.76. The summed E-state index contributed by atoms with van der Waals surface area (Å²) in [5.41, 5.74) is 7.31. The van der Waals surface area contributed by atoms with Crippen LogP contribution in [0.4, 0.5) is 13.2 Å². The molecule has 178 valence electrons. The van der Waals surface area contributed by atoms with Crippen molar-refractivity contribution in [3.8, 4) is 22.3 Å². The standard InChI is InChI=1S/C23H18N2.C2HF3O2.2Pd/c1-3-22(16-24-13-1)20-9-5-18(6-10-20)15-19-7-11-21(12-8-19)23-4-2-14-25-17-23;3-2(4,5)1(6)7;;/h1-14,16-17H,15H2;(H,6,7);;/q;;2*+2. The molecule has 0 amide bonds. The number of pyridine rings is 2. The van der Waals surface area contributed by atoms with Crippen LogP contribution in [0.3, 0.4) is 0 Å². The van der Waals surface area contributed by atoms with E-state index in [1.54, 1.807) is 12.4 Å². The zero-order valence-corrected chi connectivity index (χ0v) is 20.6. The van der Waals surface area contributed by atoms with Gasteiger partial charge in [0.1, 0.15) is 0 Å². The third-order valence-corrected chi connectivity index (χ3v) is 4.55. The van der Waals surface area contributed by atoms with Gasteiger partial charge < -0.3 is 5.11 Å². The van der Waals surface area contributed by atoms with E-state index in [0.717, 1.165) is 17.5 Å². The number of halogens is 3. The molecule has 0 atom stereocenters. The van der Waals surface area contributed by atoms with E-state index in [-0.39, 0.29) is 40.8 Å². The van der Waals surface area contributed by atoms with Crippen LogP contribution in [0.1, 0.15) is 11.1 Å². The van der Waals surface area contributed by atoms with Crippen molar-refractivity contribution in [2.75, 3.05) is 0 Å². The molecule has 1 N–H and O–H groups in total. The number of nitrogens with zero attached hydrogens (tertiary/aromatic N) is 2. The molecule has 0 radical (unpaired) electrons. The Labute approximate surface area is 222 Å². The van der Waals surface area contributed by atoms with Crippen LogP contribution in [0, 0.1) is 0 Å². The second-order valence-corrected chi connectivity index (χ2v) is 6.86. The molecular weight excluding hydrogens is 630 g/mol. The SMILES string of the molecule is O=C(O)C(F)(F)F.[Pd+2].[Pd+2].c1cncc(-c2ccc(Cc3ccc(-c4cccnc4)cc3)cc2)c1. The Bertz CT molecular complexity index is 1060. The van der Waals surface area contributed by atoms with Crippen LogP contribution < -0.4 is 0 Å². The first-order chi connectivity index (χ1) is 15.3. The van der Waals surface area contributed by atoms with Gasteiger partial charge in [0.15, 0.2) is 0 Å². The third kappa shape index (κ3) is 8.93. The summed E-state index contributed by atoms with van der Waals surface area (Å²) in [5, 5.41) is 7.12. The first-order valence-corrected chi connectivity index (χ1v) is 9.62. The van der Waals surface area contributed by atoms with Crippen LogP contribution >= 0.6 is 0 Å². The molecule has 34 heavy (non-hydrogen) atoms. The van der Waals surface area contributed by atoms with Crippen LogP contribution in [-0.4, -0.2) is 27.2 Å². The smallest absolute Gasteiger partial charge is 0.475 e. The van der Waals surface area contributed by atoms with Crippen molar-refractivity contribution in [3.05, 3.63) is 109 Å². The summed E-state index contributed by atoms with van der Waals surface area (Å²) >= 11 is 0. The number of benzene rings is 2. The number of hydrogen-bond donors (Lipinski definition) is 1. The molecule has 4 rings (SSSR count). The molecule has 9 heteroatoms. The molecule has 0 spiro atoms. The minimum absolute atomic E-state index is 0. The number of aliphatic carboxylic acids is 1. The van der Waals surface area contributed by atoms with Gasteiger partial charge in [-0.2, -0.15) is 13.2 Å². The Balaban J connectivity index is 0.000000567. The predicted octanol–water partition coefficient (Wildman–Crippen LogP) is 6.03. The second-order valence-electron chi connectivity index (χ2n) is 6.86. The molecule has 0 aliphatic carbocycles. The van der Waals surface area contributed by atoms with Crippen molar-refractivity contribution in [1.82, 2.24) is 9.97 Å². The molecule has 0 aliphatic heterocycles. The molecule has 0 saturated carbocycles. The number of alkyl halides is 3. The minimum Gasteiger partial charge on any atom is -0.475 e. The zero-order chi connectivity index (χ0) is 23.0. The van der Waals surface area contributed by atoms with Gasteiger partial charge in [0.25, 0.3) is 0 Å². The molecule has 0 fully saturated rings. The first kappa shape index (κ1) is 29.4. The molecule has 2 aromatic carbocycles. The quantitative estimate of drug-likeness (QED) is 0.275. The van der Waals surface area contributed by atoms with Crippen LogP contribution in [-0.2, 0) is 52.1 Å². The minimum atomic E-state index is -5.08. The van der Waals surface area contributed by atoms with E-state index in [1.807, 2.05) is 24.5 Å². The molecule has 4 aromatic rings. The average Bonchev–Trinajstić information content (AvgIpc) is 2.81. The van der Waals surface area contributed by atoms with E-state index in [1.165, 1.54) is 22.3 Å². The summed E-state index contributed by atoms with van der Waals surface area (Å²) in [7, 11) is 0. The second kappa shape index (κ2) is 13.9. The fraction of sp³-hybridized carbons (Fsp3) is 0.0800. The van der Waals surface area contributed by atoms with E-state index in [4.69, 9.17) is 9.90 Å². The van der Waals surface area contributed by atoms with E-state index < -0.39 is 12.1 Å². The first-order valence-electron chi connectivity index (χ1n) is 9.62. The van der Waals surface area contributed by atoms with E-state index in [9.17, 15) is 13.2 Å². The number of carbonyl (C=O) groups is 1. The molecular formula is C25H19F3N2O2Pd2+4. The Morgan fingerprint density at radius 1 is 0.676 bits per heavy atom. The molecule has 2 heterocycles. The molecule has 0 saturated heterocycles. The number of rotatable bonds is 4. The maximum atomic E-state index is 10.6. The normalized spacial score (nSPS) is 10.1. The molecule has 2 aromatic heterocycles. The fourth-order valence-corrected chi connectivity index (χ4v) is 2.93. The van der Waals surface area contributed by atoms with Crippen LogP contribution in [0.25, 0.3) is 22.3 Å². The monoisotopic (exact) mass is 648 g/mol. The Kier molecular flexibility index (Phi) is 12.0. The van der Waals surface area contributed by atoms with E-state index in [0.29, 0.717) is 0 Å². The van der Waals surface area contributed by atoms with E-state index >= 15 is 0 Å². The van der Waals surface area contributed by atoms with Crippen molar-refractivity contribution >= 4 is 5.97 Å². The summed E-state index contributed by atoms with van der Waals surface area (Å²) in [6, 6.07) is 25.5. The van der Waals surface area contributed by atoms with Gasteiger partial charge >= 0.3 is 53.0 Å². The summed E-state index contributed by atoms with van der Waals surface area (Å²) in [6.07, 6.45) is 3.24. The van der Waals surface area contributed by atoms with Gasteiger partial charge in [0.2, 0.25) is 0 Å². The summed E-state index contributed by atoms with van der Waals surface area (Å²) in [4.78, 5) is 17.3. The van der Waals surface area contributed by atoms with Gasteiger partial charge in [-0.05, 0) is 51.9 Å². The third-order valence-electron chi connectivity index (χ3n) is 4.55. The van der Waals surface area contributed by atoms with Gasteiger partial charge in [-0.15, -0.1) is 0 Å². The van der Waals surface area contributed by atoms with Gasteiger partial charge in [0, 0.05) is 24.8 Å². The Hall–Kier alpha value is -2.68. The van der Waals surface area contributed by atoms with Crippen molar-refractivity contribution in [2.24, 2.45) is 0 Å². The maximum absolute atomic E-state index is 10.6. The van der Waals surface area contributed by atoms with E-state index in [2.05, 4.69) is 70.6 Å². The van der Waals surface area contributed by atoms with Crippen molar-refractivity contribution < 1.29 is 63.9 Å².